The quantitative estimate of drug-likeness (QED) is 0.0935. The van der Waals surface area contributed by atoms with E-state index < -0.39 is 0 Å². The van der Waals surface area contributed by atoms with Gasteiger partial charge in [-0.3, -0.25) is 0 Å². The summed E-state index contributed by atoms with van der Waals surface area (Å²) in [5.74, 6) is 0. The van der Waals surface area contributed by atoms with Crippen LogP contribution in [-0.4, -0.2) is 0 Å². The summed E-state index contributed by atoms with van der Waals surface area (Å²) in [7, 11) is 0. The zero-order valence-electron chi connectivity index (χ0n) is 23.7. The normalized spacial score (nSPS) is 13.5. The van der Waals surface area contributed by atoms with Crippen molar-refractivity contribution in [3.63, 3.8) is 0 Å². The molecule has 0 aromatic heterocycles. The van der Waals surface area contributed by atoms with Crippen LogP contribution in [0.5, 0.6) is 0 Å². The van der Waals surface area contributed by atoms with Gasteiger partial charge in [0.05, 0.1) is 0 Å². The van der Waals surface area contributed by atoms with Gasteiger partial charge in [0.25, 0.3) is 0 Å². The Bertz CT molecular complexity index is 628. The molecule has 0 aliphatic heterocycles. The van der Waals surface area contributed by atoms with Crippen molar-refractivity contribution in [1.82, 2.24) is 0 Å². The molecule has 0 spiro atoms. The molecular formula is C36H56. The van der Waals surface area contributed by atoms with Crippen LogP contribution >= 0.6 is 0 Å². The van der Waals surface area contributed by atoms with Gasteiger partial charge in [0, 0.05) is 0 Å². The largest absolute Gasteiger partial charge is 0.0917 e. The fraction of sp³-hybridized carbons (Fsp3) is 0.500. The van der Waals surface area contributed by atoms with Gasteiger partial charge in [0.1, 0.15) is 0 Å². The summed E-state index contributed by atoms with van der Waals surface area (Å²) in [5.41, 5.74) is 0. The molecule has 0 amide bonds. The monoisotopic (exact) mass is 488 g/mol. The lowest BCUT2D eigenvalue weighted by Crippen LogP contribution is -1.71. The van der Waals surface area contributed by atoms with Crippen LogP contribution in [0.15, 0.2) is 109 Å². The van der Waals surface area contributed by atoms with Crippen molar-refractivity contribution >= 4 is 0 Å². The van der Waals surface area contributed by atoms with E-state index in [-0.39, 0.29) is 0 Å². The van der Waals surface area contributed by atoms with Crippen molar-refractivity contribution in [1.29, 1.82) is 0 Å². The molecule has 0 unspecified atom stereocenters. The first-order valence-electron chi connectivity index (χ1n) is 14.7. The fourth-order valence-corrected chi connectivity index (χ4v) is 3.52. The first kappa shape index (κ1) is 33.7. The Balaban J connectivity index is 3.43. The Morgan fingerprint density at radius 3 is 0.417 bits per heavy atom. The van der Waals surface area contributed by atoms with Crippen molar-refractivity contribution < 1.29 is 0 Å². The van der Waals surface area contributed by atoms with Gasteiger partial charge in [-0.25, -0.2) is 0 Å². The van der Waals surface area contributed by atoms with E-state index in [0.717, 1.165) is 89.9 Å². The predicted molar refractivity (Wildman–Crippen MR) is 167 cm³/mol. The minimum atomic E-state index is 1.16. The summed E-state index contributed by atoms with van der Waals surface area (Å²) in [6.45, 7) is 4.16. The van der Waals surface area contributed by atoms with Gasteiger partial charge in [-0.05, 0) is 117 Å². The van der Waals surface area contributed by atoms with Crippen LogP contribution in [0.4, 0.5) is 0 Å². The molecule has 36 heavy (non-hydrogen) atoms. The van der Waals surface area contributed by atoms with E-state index in [9.17, 15) is 0 Å². The summed E-state index contributed by atoms with van der Waals surface area (Å²) in [6.07, 6.45) is 59.8. The van der Waals surface area contributed by atoms with Gasteiger partial charge in [0.2, 0.25) is 0 Å². The molecule has 200 valence electrons. The van der Waals surface area contributed by atoms with Gasteiger partial charge in [0.15, 0.2) is 0 Å². The maximum absolute atomic E-state index is 2.34. The van der Waals surface area contributed by atoms with E-state index in [1.54, 1.807) is 0 Å². The molecule has 0 aromatic rings. The zero-order valence-corrected chi connectivity index (χ0v) is 23.7. The van der Waals surface area contributed by atoms with Gasteiger partial charge in [-0.15, -0.1) is 0 Å². The fourth-order valence-electron chi connectivity index (χ4n) is 3.52. The Kier molecular flexibility index (Phi) is 30.5. The Morgan fingerprint density at radius 2 is 0.306 bits per heavy atom. The molecule has 0 saturated carbocycles. The number of hydrogen-bond donors (Lipinski definition) is 0. The van der Waals surface area contributed by atoms with Crippen LogP contribution in [0.25, 0.3) is 0 Å². The average Bonchev–Trinajstić information content (AvgIpc) is 2.89. The van der Waals surface area contributed by atoms with Crippen LogP contribution in [0.3, 0.4) is 0 Å². The number of rotatable bonds is 24. The molecule has 0 bridgehead atoms. The van der Waals surface area contributed by atoms with Crippen molar-refractivity contribution in [3.05, 3.63) is 109 Å². The van der Waals surface area contributed by atoms with Crippen molar-refractivity contribution in [3.8, 4) is 0 Å². The highest BCUT2D eigenvalue weighted by Crippen LogP contribution is 2.03. The lowest BCUT2D eigenvalue weighted by molar-refractivity contribution is 0.967. The summed E-state index contributed by atoms with van der Waals surface area (Å²) in [5, 5.41) is 0. The molecule has 0 heteroatoms. The standard InChI is InChI=1S/C36H56/c1-3-5-7-9-11-13-15-17-19-21-23-25-27-29-31-33-35-36-34-32-30-28-26-24-22-20-18-16-14-12-10-8-6-4-2/h3-6,11-14,19-22,27-30,35-36H,7-10,15-18,23-26,31-34H2,1-2H3. The molecule has 0 nitrogen and oxygen atoms in total. The summed E-state index contributed by atoms with van der Waals surface area (Å²) in [6, 6.07) is 0. The summed E-state index contributed by atoms with van der Waals surface area (Å²) in [4.78, 5) is 0. The van der Waals surface area contributed by atoms with E-state index in [2.05, 4.69) is 123 Å². The van der Waals surface area contributed by atoms with E-state index in [1.165, 1.54) is 12.8 Å². The summed E-state index contributed by atoms with van der Waals surface area (Å²) >= 11 is 0. The van der Waals surface area contributed by atoms with E-state index in [1.807, 2.05) is 0 Å². The first-order valence-corrected chi connectivity index (χ1v) is 14.7. The van der Waals surface area contributed by atoms with Crippen molar-refractivity contribution in [2.75, 3.05) is 0 Å². The molecule has 0 fully saturated rings. The second-order valence-corrected chi connectivity index (χ2v) is 9.06. The van der Waals surface area contributed by atoms with E-state index in [0.29, 0.717) is 0 Å². The third kappa shape index (κ3) is 31.7. The molecular weight excluding hydrogens is 432 g/mol. The maximum atomic E-state index is 2.34. The highest BCUT2D eigenvalue weighted by Gasteiger charge is 1.83. The second-order valence-electron chi connectivity index (χ2n) is 9.06. The maximum Gasteiger partial charge on any atom is -0.0316 e. The topological polar surface area (TPSA) is 0 Å². The SMILES string of the molecule is CC=CCCC=CCCC=CCCC=CCCC=CCCC=CCCC=CCCC=CCCC=CC. The molecule has 0 saturated heterocycles. The third-order valence-electron chi connectivity index (χ3n) is 5.64. The first-order chi connectivity index (χ1) is 17.9. The van der Waals surface area contributed by atoms with E-state index >= 15 is 0 Å². The van der Waals surface area contributed by atoms with E-state index in [4.69, 9.17) is 0 Å². The molecule has 0 heterocycles. The Hall–Kier alpha value is -2.34. The highest BCUT2D eigenvalue weighted by molar-refractivity contribution is 4.95. The smallest absolute Gasteiger partial charge is 0.0316 e. The van der Waals surface area contributed by atoms with Gasteiger partial charge in [-0.2, -0.15) is 0 Å². The molecule has 0 N–H and O–H groups in total. The van der Waals surface area contributed by atoms with Crippen LogP contribution in [0.1, 0.15) is 117 Å². The average molecular weight is 489 g/mol. The Labute approximate surface area is 225 Å². The highest BCUT2D eigenvalue weighted by atomic mass is 13.9. The van der Waals surface area contributed by atoms with Crippen LogP contribution < -0.4 is 0 Å². The predicted octanol–water partition coefficient (Wildman–Crippen LogP) is 12.3. The van der Waals surface area contributed by atoms with Gasteiger partial charge in [-0.1, -0.05) is 109 Å². The van der Waals surface area contributed by atoms with Gasteiger partial charge < -0.3 is 0 Å². The molecule has 0 atom stereocenters. The van der Waals surface area contributed by atoms with Crippen LogP contribution in [0, 0.1) is 0 Å². The van der Waals surface area contributed by atoms with Crippen molar-refractivity contribution in [2.45, 2.75) is 117 Å². The van der Waals surface area contributed by atoms with Crippen LogP contribution in [0.2, 0.25) is 0 Å². The van der Waals surface area contributed by atoms with Crippen LogP contribution in [-0.2, 0) is 0 Å². The molecule has 0 radical (unpaired) electrons. The summed E-state index contributed by atoms with van der Waals surface area (Å²) < 4.78 is 0. The number of unbranched alkanes of at least 4 members (excludes halogenated alkanes) is 8. The minimum absolute atomic E-state index is 1.16. The molecule has 0 rings (SSSR count). The minimum Gasteiger partial charge on any atom is -0.0917 e. The number of hydrogen-bond acceptors (Lipinski definition) is 0. The molecule has 0 aliphatic rings. The molecule has 0 aromatic carbocycles. The zero-order chi connectivity index (χ0) is 26.0. The Morgan fingerprint density at radius 1 is 0.194 bits per heavy atom. The van der Waals surface area contributed by atoms with Gasteiger partial charge >= 0.3 is 0 Å². The molecule has 0 aliphatic carbocycles. The third-order valence-corrected chi connectivity index (χ3v) is 5.64. The second kappa shape index (κ2) is 32.7. The van der Waals surface area contributed by atoms with Crippen molar-refractivity contribution in [2.24, 2.45) is 0 Å². The lowest BCUT2D eigenvalue weighted by atomic mass is 10.2. The lowest BCUT2D eigenvalue weighted by Gasteiger charge is -1.91. The number of allylic oxidation sites excluding steroid dienone is 18.